The Morgan fingerprint density at radius 2 is 1.29 bits per heavy atom. The standard InChI is InChI=1S/C10H12ClN3O4.C8H10ClN5O2/c1-5(8(15)17-2)12-7-4-6(9(16)18-3)13-10(11)14-7;1-3(6(10)15)12-5-2-4(7(11)16)13-8(9)14-5/h4-5H,1-3H3,(H,12,13,14);2-3H,1H3,(H2,10,15)(H2,11,16)(H,12,13,14)/t5-;3-/m00/s1. The maximum Gasteiger partial charge on any atom is 0.356 e. The SMILES string of the molecule is COC(=O)c1cc(N[C@@H](C)C(=O)OC)nc(Cl)n1.C[C@H](Nc1cc(C(N)=O)nc(Cl)n1)C(N)=O. The number of carbonyl (C=O) groups excluding carboxylic acids is 4. The number of esters is 2. The predicted molar refractivity (Wildman–Crippen MR) is 121 cm³/mol. The molecule has 2 atom stereocenters. The van der Waals surface area contributed by atoms with Crippen molar-refractivity contribution >= 4 is 58.6 Å². The lowest BCUT2D eigenvalue weighted by molar-refractivity contribution is -0.141. The Morgan fingerprint density at radius 1 is 0.824 bits per heavy atom. The number of carbonyl (C=O) groups is 4. The highest BCUT2D eigenvalue weighted by molar-refractivity contribution is 6.28. The van der Waals surface area contributed by atoms with E-state index in [1.807, 2.05) is 0 Å². The lowest BCUT2D eigenvalue weighted by Gasteiger charge is -2.12. The van der Waals surface area contributed by atoms with Gasteiger partial charge in [0.25, 0.3) is 5.91 Å². The van der Waals surface area contributed by atoms with Crippen molar-refractivity contribution in [1.82, 2.24) is 19.9 Å². The Labute approximate surface area is 203 Å². The van der Waals surface area contributed by atoms with Crippen LogP contribution >= 0.6 is 23.2 Å². The van der Waals surface area contributed by atoms with E-state index in [2.05, 4.69) is 40.0 Å². The number of aromatic nitrogens is 4. The van der Waals surface area contributed by atoms with Gasteiger partial charge >= 0.3 is 11.9 Å². The molecule has 0 saturated carbocycles. The van der Waals surface area contributed by atoms with Crippen molar-refractivity contribution in [2.75, 3.05) is 24.9 Å². The van der Waals surface area contributed by atoms with Crippen LogP contribution in [0.5, 0.6) is 0 Å². The third-order valence-electron chi connectivity index (χ3n) is 3.75. The maximum atomic E-state index is 11.3. The molecule has 2 heterocycles. The van der Waals surface area contributed by atoms with Crippen LogP contribution in [0.15, 0.2) is 12.1 Å². The minimum Gasteiger partial charge on any atom is -0.467 e. The minimum atomic E-state index is -0.737. The van der Waals surface area contributed by atoms with Crippen molar-refractivity contribution in [3.63, 3.8) is 0 Å². The lowest BCUT2D eigenvalue weighted by atomic mass is 10.3. The first-order valence-electron chi connectivity index (χ1n) is 9.25. The van der Waals surface area contributed by atoms with E-state index in [0.717, 1.165) is 0 Å². The molecule has 0 aromatic carbocycles. The summed E-state index contributed by atoms with van der Waals surface area (Å²) in [5, 5.41) is 5.12. The van der Waals surface area contributed by atoms with Gasteiger partial charge in [-0.2, -0.15) is 0 Å². The van der Waals surface area contributed by atoms with Crippen LogP contribution < -0.4 is 22.1 Å². The van der Waals surface area contributed by atoms with Gasteiger partial charge in [-0.1, -0.05) is 0 Å². The molecule has 0 aliphatic heterocycles. The Kier molecular flexibility index (Phi) is 10.8. The summed E-state index contributed by atoms with van der Waals surface area (Å²) in [4.78, 5) is 59.1. The predicted octanol–water partition coefficient (Wildman–Crippen LogP) is 0.405. The zero-order valence-corrected chi connectivity index (χ0v) is 20.0. The minimum absolute atomic E-state index is 0.00272. The fourth-order valence-electron chi connectivity index (χ4n) is 2.07. The number of rotatable bonds is 8. The summed E-state index contributed by atoms with van der Waals surface area (Å²) >= 11 is 11.2. The van der Waals surface area contributed by atoms with Crippen molar-refractivity contribution in [2.45, 2.75) is 25.9 Å². The molecule has 34 heavy (non-hydrogen) atoms. The molecular formula is C18H22Cl2N8O6. The van der Waals surface area contributed by atoms with Crippen LogP contribution in [0.3, 0.4) is 0 Å². The first-order chi connectivity index (χ1) is 15.9. The Hall–Kier alpha value is -3.78. The lowest BCUT2D eigenvalue weighted by Crippen LogP contribution is -2.33. The molecule has 6 N–H and O–H groups in total. The number of nitrogens with zero attached hydrogens (tertiary/aromatic N) is 4. The van der Waals surface area contributed by atoms with Gasteiger partial charge in [-0.05, 0) is 37.0 Å². The molecule has 0 saturated heterocycles. The molecule has 0 fully saturated rings. The number of anilines is 2. The second-order valence-electron chi connectivity index (χ2n) is 6.33. The zero-order chi connectivity index (χ0) is 26.0. The number of halogens is 2. The monoisotopic (exact) mass is 516 g/mol. The van der Waals surface area contributed by atoms with E-state index in [1.165, 1.54) is 26.4 Å². The fraction of sp³-hybridized carbons (Fsp3) is 0.333. The van der Waals surface area contributed by atoms with Crippen LogP contribution in [0.2, 0.25) is 10.6 Å². The van der Waals surface area contributed by atoms with E-state index in [4.69, 9.17) is 34.7 Å². The Morgan fingerprint density at radius 3 is 1.74 bits per heavy atom. The molecule has 0 spiro atoms. The summed E-state index contributed by atoms with van der Waals surface area (Å²) in [6, 6.07) is 1.34. The number of hydrogen-bond acceptors (Lipinski definition) is 12. The van der Waals surface area contributed by atoms with Gasteiger partial charge in [0.15, 0.2) is 5.69 Å². The molecule has 184 valence electrons. The zero-order valence-electron chi connectivity index (χ0n) is 18.5. The summed E-state index contributed by atoms with van der Waals surface area (Å²) in [6.07, 6.45) is 0. The quantitative estimate of drug-likeness (QED) is 0.277. The Balaban J connectivity index is 0.000000342. The van der Waals surface area contributed by atoms with E-state index >= 15 is 0 Å². The Bertz CT molecular complexity index is 1070. The van der Waals surface area contributed by atoms with Crippen molar-refractivity contribution in [1.29, 1.82) is 0 Å². The number of nitrogens with two attached hydrogens (primary N) is 2. The number of methoxy groups -OCH3 is 2. The van der Waals surface area contributed by atoms with Gasteiger partial charge in [-0.3, -0.25) is 9.59 Å². The van der Waals surface area contributed by atoms with E-state index in [-0.39, 0.29) is 33.6 Å². The van der Waals surface area contributed by atoms with E-state index in [9.17, 15) is 19.2 Å². The summed E-state index contributed by atoms with van der Waals surface area (Å²) in [7, 11) is 2.50. The molecule has 0 aliphatic carbocycles. The molecule has 14 nitrogen and oxygen atoms in total. The summed E-state index contributed by atoms with van der Waals surface area (Å²) in [5.74, 6) is -1.97. The second-order valence-corrected chi connectivity index (χ2v) is 7.00. The van der Waals surface area contributed by atoms with Gasteiger partial charge in [-0.15, -0.1) is 0 Å². The average molecular weight is 517 g/mol. The topological polar surface area (TPSA) is 214 Å². The molecule has 0 radical (unpaired) electrons. The number of nitrogens with one attached hydrogen (secondary N) is 2. The summed E-state index contributed by atoms with van der Waals surface area (Å²) < 4.78 is 9.06. The largest absolute Gasteiger partial charge is 0.467 e. The number of hydrogen-bond donors (Lipinski definition) is 4. The molecule has 0 bridgehead atoms. The second kappa shape index (κ2) is 13.1. The van der Waals surface area contributed by atoms with Crippen LogP contribution in [0.4, 0.5) is 11.6 Å². The number of ether oxygens (including phenoxy) is 2. The van der Waals surface area contributed by atoms with Gasteiger partial charge in [0.05, 0.1) is 14.2 Å². The highest BCUT2D eigenvalue weighted by Crippen LogP contribution is 2.13. The van der Waals surface area contributed by atoms with Gasteiger partial charge in [0.2, 0.25) is 16.5 Å². The summed E-state index contributed by atoms with van der Waals surface area (Å²) in [6.45, 7) is 3.13. The van der Waals surface area contributed by atoms with Crippen molar-refractivity contribution < 1.29 is 28.7 Å². The van der Waals surface area contributed by atoms with Gasteiger partial charge in [0, 0.05) is 12.1 Å². The van der Waals surface area contributed by atoms with Gasteiger partial charge in [-0.25, -0.2) is 29.5 Å². The average Bonchev–Trinajstić information content (AvgIpc) is 2.77. The van der Waals surface area contributed by atoms with E-state index < -0.39 is 35.8 Å². The molecule has 0 aliphatic rings. The molecule has 2 amide bonds. The van der Waals surface area contributed by atoms with E-state index in [1.54, 1.807) is 13.8 Å². The third kappa shape index (κ3) is 8.99. The van der Waals surface area contributed by atoms with Crippen molar-refractivity contribution in [3.8, 4) is 0 Å². The molecule has 16 heteroatoms. The van der Waals surface area contributed by atoms with Crippen molar-refractivity contribution in [3.05, 3.63) is 34.1 Å². The van der Waals surface area contributed by atoms with Gasteiger partial charge in [0.1, 0.15) is 29.4 Å². The van der Waals surface area contributed by atoms with Crippen molar-refractivity contribution in [2.24, 2.45) is 11.5 Å². The van der Waals surface area contributed by atoms with Crippen LogP contribution in [0, 0.1) is 0 Å². The molecule has 2 rings (SSSR count). The summed E-state index contributed by atoms with van der Waals surface area (Å²) in [5.41, 5.74) is 10.0. The van der Waals surface area contributed by atoms with E-state index in [0.29, 0.717) is 0 Å². The number of amides is 2. The highest BCUT2D eigenvalue weighted by Gasteiger charge is 2.16. The van der Waals surface area contributed by atoms with Crippen LogP contribution in [-0.2, 0) is 19.1 Å². The first-order valence-corrected chi connectivity index (χ1v) is 10.0. The first kappa shape index (κ1) is 28.3. The smallest absolute Gasteiger partial charge is 0.356 e. The fourth-order valence-corrected chi connectivity index (χ4v) is 2.43. The molecule has 2 aromatic rings. The van der Waals surface area contributed by atoms with Gasteiger partial charge < -0.3 is 31.6 Å². The van der Waals surface area contributed by atoms with Crippen LogP contribution in [0.1, 0.15) is 34.8 Å². The molecule has 0 unspecified atom stereocenters. The third-order valence-corrected chi connectivity index (χ3v) is 4.09. The molecule has 2 aromatic heterocycles. The maximum absolute atomic E-state index is 11.3. The van der Waals surface area contributed by atoms with Crippen LogP contribution in [0.25, 0.3) is 0 Å². The number of primary amides is 2. The highest BCUT2D eigenvalue weighted by atomic mass is 35.5. The van der Waals surface area contributed by atoms with Crippen LogP contribution in [-0.4, -0.2) is 70.0 Å². The molecular weight excluding hydrogens is 495 g/mol. The normalized spacial score (nSPS) is 11.7.